The van der Waals surface area contributed by atoms with Crippen LogP contribution < -0.4 is 5.32 Å². The number of hydroxylamine groups is 3. The lowest BCUT2D eigenvalue weighted by molar-refractivity contribution is -0.879. The van der Waals surface area contributed by atoms with Gasteiger partial charge >= 0.3 is 6.09 Å². The third-order valence-electron chi connectivity index (χ3n) is 9.46. The van der Waals surface area contributed by atoms with E-state index in [0.29, 0.717) is 18.7 Å². The van der Waals surface area contributed by atoms with E-state index in [1.807, 2.05) is 12.2 Å². The summed E-state index contributed by atoms with van der Waals surface area (Å²) < 4.78 is 11.1. The van der Waals surface area contributed by atoms with Gasteiger partial charge in [0, 0.05) is 18.9 Å². The molecule has 3 aliphatic rings. The minimum absolute atomic E-state index is 0.0101. The van der Waals surface area contributed by atoms with Crippen molar-refractivity contribution in [1.82, 2.24) is 5.32 Å². The van der Waals surface area contributed by atoms with E-state index in [2.05, 4.69) is 72.0 Å². The van der Waals surface area contributed by atoms with Crippen molar-refractivity contribution in [3.8, 4) is 0 Å². The minimum atomic E-state index is -0.598. The van der Waals surface area contributed by atoms with Crippen LogP contribution in [-0.4, -0.2) is 54.5 Å². The van der Waals surface area contributed by atoms with Gasteiger partial charge in [-0.1, -0.05) is 58.4 Å². The number of quaternary nitrogens is 1. The fourth-order valence-electron chi connectivity index (χ4n) is 6.02. The highest BCUT2D eigenvalue weighted by Crippen LogP contribution is 2.45. The molecule has 37 heavy (non-hydrogen) atoms. The standard InChI is InChI=1S/C30H47ClN2O4/c1-19-11-10-12-20(2)24-18-30(7,37-28(34)32-24)22(4)21(3)29(5,6)13-14-33(8,35)25-16-23(15-19)17-26(36-9)27(25)31/h10-12,16-17,20-22,24-25,27H,13-15,18H2,1-9H3,(H,32,34)/b12-10+,19-11+/t20-,21?,22+,24-,25?,27?,30-,33?/m1/s1. The van der Waals surface area contributed by atoms with Gasteiger partial charge in [0.15, 0.2) is 0 Å². The lowest BCUT2D eigenvalue weighted by Gasteiger charge is -2.51. The zero-order chi connectivity index (χ0) is 27.8. The van der Waals surface area contributed by atoms with Crippen LogP contribution in [0.2, 0.25) is 0 Å². The molecular formula is C30H47ClN2O4. The molecule has 1 aliphatic carbocycles. The Kier molecular flexibility index (Phi) is 8.98. The first-order valence-electron chi connectivity index (χ1n) is 13.6. The summed E-state index contributed by atoms with van der Waals surface area (Å²) in [6.07, 6.45) is 12.1. The summed E-state index contributed by atoms with van der Waals surface area (Å²) in [4.78, 5) is 12.6. The van der Waals surface area contributed by atoms with Crippen molar-refractivity contribution in [3.05, 3.63) is 52.5 Å². The van der Waals surface area contributed by atoms with E-state index < -0.39 is 21.7 Å². The average molecular weight is 535 g/mol. The lowest BCUT2D eigenvalue weighted by atomic mass is 9.65. The number of ether oxygens (including phenoxy) is 2. The number of hydrogen-bond acceptors (Lipinski definition) is 4. The van der Waals surface area contributed by atoms with Crippen LogP contribution in [0.3, 0.4) is 0 Å². The predicted molar refractivity (Wildman–Crippen MR) is 151 cm³/mol. The van der Waals surface area contributed by atoms with Crippen molar-refractivity contribution in [2.24, 2.45) is 23.2 Å². The Morgan fingerprint density at radius 3 is 2.54 bits per heavy atom. The Bertz CT molecular complexity index is 982. The molecule has 6 nitrogen and oxygen atoms in total. The van der Waals surface area contributed by atoms with E-state index in [1.165, 1.54) is 5.57 Å². The van der Waals surface area contributed by atoms with E-state index in [-0.39, 0.29) is 35.3 Å². The number of nitrogens with zero attached hydrogens (tertiary/aromatic N) is 1. The second-order valence-electron chi connectivity index (χ2n) is 12.7. The molecule has 0 aromatic rings. The Morgan fingerprint density at radius 1 is 1.22 bits per heavy atom. The molecule has 1 N–H and O–H groups in total. The van der Waals surface area contributed by atoms with Crippen molar-refractivity contribution in [3.63, 3.8) is 0 Å². The number of allylic oxidation sites excluding steroid dienone is 5. The molecule has 7 heteroatoms. The molecule has 8 atom stereocenters. The molecule has 4 bridgehead atoms. The quantitative estimate of drug-likeness (QED) is 0.226. The summed E-state index contributed by atoms with van der Waals surface area (Å²) in [5.74, 6) is 1.10. The molecule has 1 fully saturated rings. The van der Waals surface area contributed by atoms with Gasteiger partial charge in [0.2, 0.25) is 0 Å². The number of hydrogen-bond donors (Lipinski definition) is 1. The Balaban J connectivity index is 2.03. The summed E-state index contributed by atoms with van der Waals surface area (Å²) in [5.41, 5.74) is 1.46. The number of fused-ring (bicyclic) bond motifs is 3. The van der Waals surface area contributed by atoms with Gasteiger partial charge in [-0.05, 0) is 61.2 Å². The molecule has 0 spiro atoms. The highest BCUT2D eigenvalue weighted by Gasteiger charge is 2.48. The van der Waals surface area contributed by atoms with E-state index in [1.54, 1.807) is 14.2 Å². The molecule has 0 aromatic carbocycles. The Labute approximate surface area is 229 Å². The molecule has 1 saturated heterocycles. The van der Waals surface area contributed by atoms with Crippen LogP contribution in [0.25, 0.3) is 0 Å². The van der Waals surface area contributed by atoms with Crippen molar-refractivity contribution in [2.45, 2.75) is 90.8 Å². The number of likely N-dealkylation sites (N-methyl/N-ethyl adjacent to an activating group) is 1. The van der Waals surface area contributed by atoms with Gasteiger partial charge in [-0.2, -0.15) is 0 Å². The van der Waals surface area contributed by atoms with Crippen molar-refractivity contribution in [2.75, 3.05) is 20.7 Å². The van der Waals surface area contributed by atoms with Gasteiger partial charge in [0.05, 0.1) is 20.7 Å². The molecule has 208 valence electrons. The van der Waals surface area contributed by atoms with Gasteiger partial charge < -0.3 is 24.6 Å². The van der Waals surface area contributed by atoms with Crippen LogP contribution in [0.1, 0.15) is 67.7 Å². The van der Waals surface area contributed by atoms with Crippen LogP contribution in [0.4, 0.5) is 4.79 Å². The number of alkyl carbamates (subject to hydrolysis) is 1. The molecule has 3 rings (SSSR count). The minimum Gasteiger partial charge on any atom is -0.633 e. The van der Waals surface area contributed by atoms with E-state index in [9.17, 15) is 10.0 Å². The van der Waals surface area contributed by atoms with Gasteiger partial charge in [-0.3, -0.25) is 0 Å². The number of nitrogens with one attached hydrogen (secondary N) is 1. The fraction of sp³-hybridized carbons (Fsp3) is 0.700. The number of carbonyl (C=O) groups is 1. The fourth-order valence-corrected chi connectivity index (χ4v) is 6.48. The number of alkyl halides is 1. The lowest BCUT2D eigenvalue weighted by Crippen LogP contribution is -2.58. The Morgan fingerprint density at radius 2 is 1.89 bits per heavy atom. The summed E-state index contributed by atoms with van der Waals surface area (Å²) >= 11 is 6.80. The third kappa shape index (κ3) is 6.63. The molecular weight excluding hydrogens is 488 g/mol. The first-order chi connectivity index (χ1) is 17.1. The number of methoxy groups -OCH3 is 1. The summed E-state index contributed by atoms with van der Waals surface area (Å²) in [5, 5.41) is 16.6. The smallest absolute Gasteiger partial charge is 0.407 e. The average Bonchev–Trinajstić information content (AvgIpc) is 2.81. The van der Waals surface area contributed by atoms with Gasteiger partial charge in [0.1, 0.15) is 22.8 Å². The largest absolute Gasteiger partial charge is 0.633 e. The highest BCUT2D eigenvalue weighted by molar-refractivity contribution is 6.23. The second-order valence-corrected chi connectivity index (χ2v) is 13.2. The van der Waals surface area contributed by atoms with E-state index in [4.69, 9.17) is 21.1 Å². The van der Waals surface area contributed by atoms with E-state index in [0.717, 1.165) is 18.4 Å². The first kappa shape index (κ1) is 29.8. The van der Waals surface area contributed by atoms with Crippen LogP contribution in [0.15, 0.2) is 47.3 Å². The maximum Gasteiger partial charge on any atom is 0.407 e. The van der Waals surface area contributed by atoms with Crippen molar-refractivity contribution >= 4 is 17.7 Å². The molecule has 1 amide bonds. The number of rotatable bonds is 1. The zero-order valence-electron chi connectivity index (χ0n) is 24.1. The first-order valence-corrected chi connectivity index (χ1v) is 14.0. The van der Waals surface area contributed by atoms with E-state index >= 15 is 0 Å². The van der Waals surface area contributed by atoms with Gasteiger partial charge in [0.25, 0.3) is 0 Å². The van der Waals surface area contributed by atoms with Gasteiger partial charge in [-0.25, -0.2) is 4.79 Å². The maximum atomic E-state index is 14.0. The van der Waals surface area contributed by atoms with Crippen LogP contribution in [-0.2, 0) is 9.47 Å². The van der Waals surface area contributed by atoms with Crippen molar-refractivity contribution < 1.29 is 18.9 Å². The van der Waals surface area contributed by atoms with Crippen LogP contribution in [0, 0.1) is 28.4 Å². The number of amides is 1. The topological polar surface area (TPSA) is 70.6 Å². The third-order valence-corrected chi connectivity index (χ3v) is 9.94. The maximum absolute atomic E-state index is 14.0. The molecule has 4 unspecified atom stereocenters. The Hall–Kier alpha value is -1.76. The number of carbonyl (C=O) groups excluding carboxylic acids is 1. The van der Waals surface area contributed by atoms with Crippen LogP contribution in [0.5, 0.6) is 0 Å². The summed E-state index contributed by atoms with van der Waals surface area (Å²) in [7, 11) is 3.34. The normalized spacial score (nSPS) is 43.4. The van der Waals surface area contributed by atoms with Gasteiger partial charge in [-0.15, -0.1) is 11.6 Å². The molecule has 2 aliphatic heterocycles. The second kappa shape index (κ2) is 11.2. The molecule has 0 radical (unpaired) electrons. The van der Waals surface area contributed by atoms with Crippen molar-refractivity contribution in [1.29, 1.82) is 0 Å². The number of halogens is 1. The highest BCUT2D eigenvalue weighted by atomic mass is 35.5. The zero-order valence-corrected chi connectivity index (χ0v) is 24.9. The monoisotopic (exact) mass is 534 g/mol. The summed E-state index contributed by atoms with van der Waals surface area (Å²) in [6.45, 7) is 15.6. The molecule has 0 saturated carbocycles. The van der Waals surface area contributed by atoms with Crippen LogP contribution >= 0.6 is 11.6 Å². The summed E-state index contributed by atoms with van der Waals surface area (Å²) in [6, 6.07) is -0.449. The molecule has 0 aromatic heterocycles. The predicted octanol–water partition coefficient (Wildman–Crippen LogP) is 6.87. The molecule has 2 heterocycles. The SMILES string of the molecule is COC1=CC2=CC(C1Cl)[N+](C)([O-])CCC(C)(C)C(C)[C@H](C)[C@@]1(C)C[C@@H](NC(=O)O1)[C@H](C)/C=C/C=C(\C)C2.